The molecule has 0 aromatic heterocycles. The number of nitrogens with zero attached hydrogens (tertiary/aromatic N) is 1. The van der Waals surface area contributed by atoms with E-state index in [1.54, 1.807) is 0 Å². The van der Waals surface area contributed by atoms with Gasteiger partial charge in [0, 0.05) is 18.3 Å². The monoisotopic (exact) mass is 280 g/mol. The van der Waals surface area contributed by atoms with Gasteiger partial charge >= 0.3 is 0 Å². The molecule has 1 saturated heterocycles. The molecule has 1 aliphatic carbocycles. The number of thioether (sulfide) groups is 1. The number of carbonyl (C=O) groups excluding carboxylic acids is 1. The van der Waals surface area contributed by atoms with E-state index in [1.165, 1.54) is 25.7 Å². The zero-order valence-corrected chi connectivity index (χ0v) is 12.5. The number of hydrogen-bond acceptors (Lipinski definition) is 3. The second-order valence-electron chi connectivity index (χ2n) is 6.08. The van der Waals surface area contributed by atoms with Crippen LogP contribution in [0.4, 0.5) is 0 Å². The van der Waals surface area contributed by atoms with Gasteiger partial charge in [0.15, 0.2) is 0 Å². The Kier molecular flexibility index (Phi) is 4.18. The van der Waals surface area contributed by atoms with E-state index in [-0.39, 0.29) is 6.04 Å². The van der Waals surface area contributed by atoms with Gasteiger partial charge in [-0.3, -0.25) is 4.79 Å². The van der Waals surface area contributed by atoms with Crippen molar-refractivity contribution in [3.8, 4) is 0 Å². The average Bonchev–Trinajstić information content (AvgIpc) is 3.04. The molecule has 0 radical (unpaired) electrons. The summed E-state index contributed by atoms with van der Waals surface area (Å²) in [4.78, 5) is 14.9. The van der Waals surface area contributed by atoms with Gasteiger partial charge in [0.2, 0.25) is 5.91 Å². The van der Waals surface area contributed by atoms with Crippen molar-refractivity contribution in [2.24, 2.45) is 11.8 Å². The largest absolute Gasteiger partial charge is 0.341 e. The first-order valence-corrected chi connectivity index (χ1v) is 8.52. The topological polar surface area (TPSA) is 32.3 Å². The number of fused-ring (bicyclic) bond motifs is 1. The molecule has 0 bridgehead atoms. The van der Waals surface area contributed by atoms with E-state index in [4.69, 9.17) is 0 Å². The summed E-state index contributed by atoms with van der Waals surface area (Å²) in [7, 11) is 1.93. The van der Waals surface area contributed by atoms with Crippen LogP contribution < -0.4 is 5.32 Å². The van der Waals surface area contributed by atoms with Crippen molar-refractivity contribution in [3.63, 3.8) is 0 Å². The third-order valence-corrected chi connectivity index (χ3v) is 6.14. The number of likely N-dealkylation sites (N-methyl/N-ethyl adjacent to an activating group) is 1. The number of hydrogen-bond donors (Lipinski definition) is 1. The second kappa shape index (κ2) is 5.88. The standard InChI is InChI=1S/C15H24N2OS/c1-16-13-14-12(7-9-19-14)6-8-17(15(13)18)10-11-4-2-3-5-11/h7,9,11-14,16H,2-6,8,10H2,1H3. The molecule has 1 amide bonds. The van der Waals surface area contributed by atoms with Crippen molar-refractivity contribution in [3.05, 3.63) is 11.5 Å². The molecule has 106 valence electrons. The molecule has 4 heteroatoms. The minimum Gasteiger partial charge on any atom is -0.341 e. The van der Waals surface area contributed by atoms with E-state index in [9.17, 15) is 4.79 Å². The maximum atomic E-state index is 12.7. The van der Waals surface area contributed by atoms with Crippen LogP contribution in [0.15, 0.2) is 11.5 Å². The molecule has 3 unspecified atom stereocenters. The molecule has 2 heterocycles. The quantitative estimate of drug-likeness (QED) is 0.860. The van der Waals surface area contributed by atoms with Crippen LogP contribution in [0.3, 0.4) is 0 Å². The lowest BCUT2D eigenvalue weighted by Gasteiger charge is -2.28. The lowest BCUT2D eigenvalue weighted by molar-refractivity contribution is -0.133. The zero-order valence-electron chi connectivity index (χ0n) is 11.7. The molecule has 3 atom stereocenters. The summed E-state index contributed by atoms with van der Waals surface area (Å²) in [6, 6.07) is -0.00565. The maximum Gasteiger partial charge on any atom is 0.240 e. The van der Waals surface area contributed by atoms with Gasteiger partial charge < -0.3 is 10.2 Å². The first-order valence-electron chi connectivity index (χ1n) is 7.58. The van der Waals surface area contributed by atoms with Crippen LogP contribution in [-0.2, 0) is 4.79 Å². The van der Waals surface area contributed by atoms with E-state index in [2.05, 4.69) is 21.7 Å². The van der Waals surface area contributed by atoms with Crippen LogP contribution >= 0.6 is 11.8 Å². The lowest BCUT2D eigenvalue weighted by Crippen LogP contribution is -2.50. The van der Waals surface area contributed by atoms with Gasteiger partial charge in [0.25, 0.3) is 0 Å². The van der Waals surface area contributed by atoms with Crippen LogP contribution in [0.1, 0.15) is 32.1 Å². The van der Waals surface area contributed by atoms with E-state index in [0.29, 0.717) is 17.1 Å². The smallest absolute Gasteiger partial charge is 0.240 e. The molecule has 3 nitrogen and oxygen atoms in total. The molecular formula is C15H24N2OS. The van der Waals surface area contributed by atoms with E-state index in [0.717, 1.165) is 25.4 Å². The predicted octanol–water partition coefficient (Wildman–Crippen LogP) is 2.24. The number of likely N-dealkylation sites (tertiary alicyclic amines) is 1. The van der Waals surface area contributed by atoms with Crippen LogP contribution in [0.5, 0.6) is 0 Å². The summed E-state index contributed by atoms with van der Waals surface area (Å²) in [5, 5.41) is 5.86. The second-order valence-corrected chi connectivity index (χ2v) is 7.17. The number of carbonyl (C=O) groups is 1. The van der Waals surface area contributed by atoms with Gasteiger partial charge in [-0.15, -0.1) is 11.8 Å². The Morgan fingerprint density at radius 3 is 2.89 bits per heavy atom. The Bertz CT molecular complexity index is 365. The molecular weight excluding hydrogens is 256 g/mol. The highest BCUT2D eigenvalue weighted by atomic mass is 32.2. The zero-order chi connectivity index (χ0) is 13.2. The fraction of sp³-hybridized carbons (Fsp3) is 0.800. The minimum atomic E-state index is -0.00565. The van der Waals surface area contributed by atoms with Gasteiger partial charge in [-0.05, 0) is 43.6 Å². The molecule has 1 N–H and O–H groups in total. The average molecular weight is 280 g/mol. The highest BCUT2D eigenvalue weighted by Gasteiger charge is 2.40. The SMILES string of the molecule is CNC1C(=O)N(CC2CCCC2)CCC2C=CSC21. The molecule has 2 fully saturated rings. The van der Waals surface area contributed by atoms with Crippen LogP contribution in [0, 0.1) is 11.8 Å². The molecule has 0 spiro atoms. The molecule has 0 aromatic carbocycles. The number of nitrogens with one attached hydrogen (secondary N) is 1. The summed E-state index contributed by atoms with van der Waals surface area (Å²) in [5.41, 5.74) is 0. The molecule has 3 rings (SSSR count). The fourth-order valence-corrected chi connectivity index (χ4v) is 5.07. The summed E-state index contributed by atoms with van der Waals surface area (Å²) >= 11 is 1.83. The number of allylic oxidation sites excluding steroid dienone is 1. The Morgan fingerprint density at radius 1 is 1.37 bits per heavy atom. The third kappa shape index (κ3) is 2.70. The lowest BCUT2D eigenvalue weighted by atomic mass is 9.98. The van der Waals surface area contributed by atoms with Gasteiger partial charge in [0.1, 0.15) is 0 Å². The number of amides is 1. The van der Waals surface area contributed by atoms with Crippen molar-refractivity contribution in [2.45, 2.75) is 43.4 Å². The van der Waals surface area contributed by atoms with E-state index < -0.39 is 0 Å². The minimum absolute atomic E-state index is 0.00565. The third-order valence-electron chi connectivity index (χ3n) is 4.89. The van der Waals surface area contributed by atoms with Crippen LogP contribution in [0.2, 0.25) is 0 Å². The fourth-order valence-electron chi connectivity index (χ4n) is 3.76. The van der Waals surface area contributed by atoms with Crippen molar-refractivity contribution >= 4 is 17.7 Å². The predicted molar refractivity (Wildman–Crippen MR) is 80.0 cm³/mol. The first-order chi connectivity index (χ1) is 9.29. The van der Waals surface area contributed by atoms with E-state index in [1.807, 2.05) is 18.8 Å². The summed E-state index contributed by atoms with van der Waals surface area (Å²) in [6.45, 7) is 1.93. The Hall–Kier alpha value is -0.480. The van der Waals surface area contributed by atoms with Gasteiger partial charge in [-0.1, -0.05) is 18.9 Å². The van der Waals surface area contributed by atoms with Crippen LogP contribution in [0.25, 0.3) is 0 Å². The Balaban J connectivity index is 1.70. The molecule has 3 aliphatic rings. The molecule has 19 heavy (non-hydrogen) atoms. The number of rotatable bonds is 3. The molecule has 2 aliphatic heterocycles. The Labute approximate surface area is 120 Å². The van der Waals surface area contributed by atoms with Crippen molar-refractivity contribution < 1.29 is 4.79 Å². The maximum absolute atomic E-state index is 12.7. The van der Waals surface area contributed by atoms with Crippen LogP contribution in [-0.4, -0.2) is 42.2 Å². The highest BCUT2D eigenvalue weighted by Crippen LogP contribution is 2.37. The van der Waals surface area contributed by atoms with E-state index >= 15 is 0 Å². The Morgan fingerprint density at radius 2 is 2.16 bits per heavy atom. The van der Waals surface area contributed by atoms with Crippen molar-refractivity contribution in [1.29, 1.82) is 0 Å². The van der Waals surface area contributed by atoms with Gasteiger partial charge in [0.05, 0.1) is 6.04 Å². The molecule has 0 aromatic rings. The summed E-state index contributed by atoms with van der Waals surface area (Å²) < 4.78 is 0. The van der Waals surface area contributed by atoms with Gasteiger partial charge in [-0.25, -0.2) is 0 Å². The summed E-state index contributed by atoms with van der Waals surface area (Å²) in [6.07, 6.45) is 8.76. The summed E-state index contributed by atoms with van der Waals surface area (Å²) in [5.74, 6) is 1.65. The normalized spacial score (nSPS) is 35.7. The van der Waals surface area contributed by atoms with Crippen molar-refractivity contribution in [2.75, 3.05) is 20.1 Å². The van der Waals surface area contributed by atoms with Gasteiger partial charge in [-0.2, -0.15) is 0 Å². The highest BCUT2D eigenvalue weighted by molar-refractivity contribution is 8.03. The van der Waals surface area contributed by atoms with Crippen molar-refractivity contribution in [1.82, 2.24) is 10.2 Å². The molecule has 1 saturated carbocycles. The first kappa shape index (κ1) is 13.5.